The molecule has 1 aromatic rings. The van der Waals surface area contributed by atoms with E-state index in [0.29, 0.717) is 10.0 Å². The number of benzene rings is 1. The molecular weight excluding hydrogens is 219 g/mol. The molecule has 2 rings (SSSR count). The smallest absolute Gasteiger partial charge is 0.0595 e. The third-order valence-corrected chi connectivity index (χ3v) is 3.88. The molecular formula is C11H12Cl2O. The predicted molar refractivity (Wildman–Crippen MR) is 59.1 cm³/mol. The number of aliphatic hydroxyl groups is 1. The summed E-state index contributed by atoms with van der Waals surface area (Å²) in [5.41, 5.74) is 1.06. The molecule has 0 unspecified atom stereocenters. The molecule has 0 bridgehead atoms. The average molecular weight is 231 g/mol. The molecule has 76 valence electrons. The molecule has 0 radical (unpaired) electrons. The Morgan fingerprint density at radius 2 is 1.93 bits per heavy atom. The Labute approximate surface area is 93.7 Å². The van der Waals surface area contributed by atoms with E-state index in [2.05, 4.69) is 0 Å². The third-order valence-electron chi connectivity index (χ3n) is 3.15. The van der Waals surface area contributed by atoms with Crippen molar-refractivity contribution >= 4 is 23.2 Å². The van der Waals surface area contributed by atoms with Crippen LogP contribution in [0.4, 0.5) is 0 Å². The molecule has 1 aromatic carbocycles. The first-order valence-corrected chi connectivity index (χ1v) is 5.50. The molecule has 0 aliphatic heterocycles. The maximum atomic E-state index is 9.37. The average Bonchev–Trinajstić information content (AvgIpc) is 2.10. The van der Waals surface area contributed by atoms with E-state index in [1.807, 2.05) is 12.1 Å². The predicted octanol–water partition coefficient (Wildman–Crippen LogP) is 3.41. The van der Waals surface area contributed by atoms with Crippen molar-refractivity contribution in [3.05, 3.63) is 33.8 Å². The Hall–Kier alpha value is -0.240. The van der Waals surface area contributed by atoms with Crippen LogP contribution in [0, 0.1) is 0 Å². The second-order valence-electron chi connectivity index (χ2n) is 3.92. The zero-order valence-electron chi connectivity index (χ0n) is 7.76. The molecule has 1 saturated carbocycles. The fourth-order valence-electron chi connectivity index (χ4n) is 1.97. The summed E-state index contributed by atoms with van der Waals surface area (Å²) in [5, 5.41) is 10.5. The SMILES string of the molecule is OCC1(c2ccc(Cl)c(Cl)c2)CCC1. The van der Waals surface area contributed by atoms with Crippen LogP contribution in [0.3, 0.4) is 0 Å². The van der Waals surface area contributed by atoms with Gasteiger partial charge in [0.05, 0.1) is 16.7 Å². The van der Waals surface area contributed by atoms with Gasteiger partial charge in [-0.05, 0) is 30.5 Å². The van der Waals surface area contributed by atoms with Crippen LogP contribution < -0.4 is 0 Å². The van der Waals surface area contributed by atoms with Crippen molar-refractivity contribution in [3.8, 4) is 0 Å². The highest BCUT2D eigenvalue weighted by molar-refractivity contribution is 6.42. The van der Waals surface area contributed by atoms with Gasteiger partial charge in [0, 0.05) is 5.41 Å². The van der Waals surface area contributed by atoms with Gasteiger partial charge in [-0.15, -0.1) is 0 Å². The summed E-state index contributed by atoms with van der Waals surface area (Å²) in [5.74, 6) is 0. The van der Waals surface area contributed by atoms with Crippen molar-refractivity contribution in [2.45, 2.75) is 24.7 Å². The number of hydrogen-bond donors (Lipinski definition) is 1. The van der Waals surface area contributed by atoms with E-state index in [0.717, 1.165) is 18.4 Å². The van der Waals surface area contributed by atoms with Crippen molar-refractivity contribution in [1.82, 2.24) is 0 Å². The van der Waals surface area contributed by atoms with Crippen molar-refractivity contribution in [1.29, 1.82) is 0 Å². The number of hydrogen-bond acceptors (Lipinski definition) is 1. The Bertz CT molecular complexity index is 340. The Kier molecular flexibility index (Phi) is 2.74. The molecule has 0 heterocycles. The van der Waals surface area contributed by atoms with E-state index in [-0.39, 0.29) is 12.0 Å². The van der Waals surface area contributed by atoms with E-state index in [9.17, 15) is 5.11 Å². The van der Waals surface area contributed by atoms with Gasteiger partial charge in [0.15, 0.2) is 0 Å². The molecule has 0 amide bonds. The van der Waals surface area contributed by atoms with Gasteiger partial charge in [0.1, 0.15) is 0 Å². The minimum Gasteiger partial charge on any atom is -0.395 e. The second kappa shape index (κ2) is 3.73. The van der Waals surface area contributed by atoms with Gasteiger partial charge in [0.25, 0.3) is 0 Å². The van der Waals surface area contributed by atoms with Gasteiger partial charge in [-0.1, -0.05) is 35.7 Å². The van der Waals surface area contributed by atoms with Crippen LogP contribution in [0.5, 0.6) is 0 Å². The van der Waals surface area contributed by atoms with Gasteiger partial charge < -0.3 is 5.11 Å². The van der Waals surface area contributed by atoms with Gasteiger partial charge in [-0.3, -0.25) is 0 Å². The fraction of sp³-hybridized carbons (Fsp3) is 0.455. The first-order valence-electron chi connectivity index (χ1n) is 4.74. The Balaban J connectivity index is 2.36. The van der Waals surface area contributed by atoms with E-state index >= 15 is 0 Å². The quantitative estimate of drug-likeness (QED) is 0.826. The van der Waals surface area contributed by atoms with Crippen molar-refractivity contribution in [3.63, 3.8) is 0 Å². The standard InChI is InChI=1S/C11H12Cl2O/c12-9-3-2-8(6-10(9)13)11(7-14)4-1-5-11/h2-3,6,14H,1,4-5,7H2. The lowest BCUT2D eigenvalue weighted by molar-refractivity contribution is 0.120. The molecule has 1 fully saturated rings. The van der Waals surface area contributed by atoms with E-state index < -0.39 is 0 Å². The zero-order valence-corrected chi connectivity index (χ0v) is 9.28. The van der Waals surface area contributed by atoms with Crippen molar-refractivity contribution < 1.29 is 5.11 Å². The zero-order chi connectivity index (χ0) is 10.2. The molecule has 1 aliphatic rings. The van der Waals surface area contributed by atoms with E-state index in [1.54, 1.807) is 6.07 Å². The normalized spacial score (nSPS) is 19.1. The lowest BCUT2D eigenvalue weighted by Gasteiger charge is -2.41. The highest BCUT2D eigenvalue weighted by atomic mass is 35.5. The summed E-state index contributed by atoms with van der Waals surface area (Å²) in [7, 11) is 0. The summed E-state index contributed by atoms with van der Waals surface area (Å²) in [6.45, 7) is 0.199. The van der Waals surface area contributed by atoms with Crippen LogP contribution in [0.15, 0.2) is 18.2 Å². The van der Waals surface area contributed by atoms with E-state index in [4.69, 9.17) is 23.2 Å². The molecule has 0 spiro atoms. The largest absolute Gasteiger partial charge is 0.395 e. The molecule has 0 atom stereocenters. The minimum absolute atomic E-state index is 0.0474. The molecule has 14 heavy (non-hydrogen) atoms. The summed E-state index contributed by atoms with van der Waals surface area (Å²) >= 11 is 11.8. The third kappa shape index (κ3) is 1.54. The summed E-state index contributed by atoms with van der Waals surface area (Å²) in [6, 6.07) is 5.64. The molecule has 1 nitrogen and oxygen atoms in total. The monoisotopic (exact) mass is 230 g/mol. The van der Waals surface area contributed by atoms with Gasteiger partial charge in [-0.25, -0.2) is 0 Å². The lowest BCUT2D eigenvalue weighted by Crippen LogP contribution is -2.37. The molecule has 1 aliphatic carbocycles. The maximum Gasteiger partial charge on any atom is 0.0595 e. The number of aliphatic hydroxyl groups excluding tert-OH is 1. The van der Waals surface area contributed by atoms with Crippen LogP contribution in [0.1, 0.15) is 24.8 Å². The fourth-order valence-corrected chi connectivity index (χ4v) is 2.27. The van der Waals surface area contributed by atoms with Crippen LogP contribution in [-0.4, -0.2) is 11.7 Å². The first kappa shape index (κ1) is 10.3. The van der Waals surface area contributed by atoms with Gasteiger partial charge in [0.2, 0.25) is 0 Å². The Morgan fingerprint density at radius 3 is 2.36 bits per heavy atom. The summed E-state index contributed by atoms with van der Waals surface area (Å²) < 4.78 is 0. The highest BCUT2D eigenvalue weighted by Gasteiger charge is 2.38. The first-order chi connectivity index (χ1) is 6.68. The molecule has 0 saturated heterocycles. The maximum absolute atomic E-state index is 9.37. The van der Waals surface area contributed by atoms with Crippen LogP contribution >= 0.6 is 23.2 Å². The second-order valence-corrected chi connectivity index (χ2v) is 4.74. The Morgan fingerprint density at radius 1 is 1.21 bits per heavy atom. The summed E-state index contributed by atoms with van der Waals surface area (Å²) in [6.07, 6.45) is 3.27. The highest BCUT2D eigenvalue weighted by Crippen LogP contribution is 2.44. The van der Waals surface area contributed by atoms with Crippen LogP contribution in [0.2, 0.25) is 10.0 Å². The van der Waals surface area contributed by atoms with E-state index in [1.165, 1.54) is 6.42 Å². The summed E-state index contributed by atoms with van der Waals surface area (Å²) in [4.78, 5) is 0. The number of rotatable bonds is 2. The lowest BCUT2D eigenvalue weighted by atomic mass is 9.65. The topological polar surface area (TPSA) is 20.2 Å². The van der Waals surface area contributed by atoms with Gasteiger partial charge in [-0.2, -0.15) is 0 Å². The van der Waals surface area contributed by atoms with Crippen molar-refractivity contribution in [2.75, 3.05) is 6.61 Å². The van der Waals surface area contributed by atoms with Crippen LogP contribution in [0.25, 0.3) is 0 Å². The molecule has 1 N–H and O–H groups in total. The number of halogens is 2. The molecule has 0 aromatic heterocycles. The van der Waals surface area contributed by atoms with Gasteiger partial charge >= 0.3 is 0 Å². The molecule has 3 heteroatoms. The van der Waals surface area contributed by atoms with Crippen molar-refractivity contribution in [2.24, 2.45) is 0 Å². The minimum atomic E-state index is -0.0474. The van der Waals surface area contributed by atoms with Crippen LogP contribution in [-0.2, 0) is 5.41 Å².